The molecule has 4 amide bonds. The molecule has 2 unspecified atom stereocenters. The van der Waals surface area contributed by atoms with Crippen LogP contribution in [0.2, 0.25) is 0 Å². The molecule has 0 spiro atoms. The third-order valence-electron chi connectivity index (χ3n) is 19.9. The largest absolute Gasteiger partial charge is 0.459 e. The number of fused-ring (bicyclic) bond motifs is 2. The summed E-state index contributed by atoms with van der Waals surface area (Å²) in [5.74, 6) is -3.03. The molecule has 0 radical (unpaired) electrons. The molecule has 16 heteroatoms. The molecule has 11 aromatic rings. The van der Waals surface area contributed by atoms with Crippen molar-refractivity contribution in [2.24, 2.45) is 0 Å². The minimum Gasteiger partial charge on any atom is -0.459 e. The van der Waals surface area contributed by atoms with Gasteiger partial charge >= 0.3 is 11.9 Å². The maximum Gasteiger partial charge on any atom is 0.326 e. The van der Waals surface area contributed by atoms with Gasteiger partial charge in [-0.05, 0) is 139 Å². The predicted octanol–water partition coefficient (Wildman–Crippen LogP) is 18.7. The number of carbonyl (C=O) groups excluding carboxylic acids is 6. The molecule has 11 aromatic carbocycles. The topological polar surface area (TPSA) is 189 Å². The Morgan fingerprint density at radius 1 is 0.346 bits per heavy atom. The standard InChI is InChI=1S/C88H82N2O14/c1-85(2,3)53-19-27-57(28-20-53)101-67-39-63-73-64(82(94)89(81(63)93)43-71(91)99-45-51-17-13-15-49(35-51)37-61-47-97-61)41-69(103-59-31-23-55(24-32-59)87(7,8)9)77-78-70(104-60-33-25-56(26-34-60)88(10,11)12)42-66-74-65(40-68(76(80(74)78)75(67)79(73)77)102-58-29-21-54(22-30-58)86(4,5)6)83(95)90(84(66)96)44-72(92)100-46-52-18-14-16-50(36-52)38-62-48-98-62/h13-36,39-42,61-62H,37-38,43-48H2,1-12H3. The van der Waals surface area contributed by atoms with Crippen LogP contribution >= 0.6 is 0 Å². The van der Waals surface area contributed by atoms with Crippen molar-refractivity contribution in [2.45, 2.75) is 143 Å². The SMILES string of the molecule is CC(C)(C)c1ccc(Oc2cc3c4c(cc(Oc5ccc(C(C)(C)C)cc5)c5c6c(Oc7ccc(C(C)(C)C)cc7)cc7c8c(cc(Oc9ccc(C(C)(C)C)cc9)c(c2c45)c86)C(=O)N(CC(=O)OCc2cccc(CC4CO4)c2)C7=O)C(=O)N(CC(=O)OCc2cccc(CC4CO4)c2)C3=O)cc1. The van der Waals surface area contributed by atoms with Gasteiger partial charge in [0.15, 0.2) is 0 Å². The summed E-state index contributed by atoms with van der Waals surface area (Å²) in [4.78, 5) is 94.1. The van der Waals surface area contributed by atoms with Crippen LogP contribution in [0.5, 0.6) is 46.0 Å². The second kappa shape index (κ2) is 26.1. The number of amides is 4. The van der Waals surface area contributed by atoms with Crippen molar-refractivity contribution in [3.05, 3.63) is 237 Å². The van der Waals surface area contributed by atoms with Gasteiger partial charge < -0.3 is 37.9 Å². The van der Waals surface area contributed by atoms with E-state index < -0.39 is 48.7 Å². The van der Waals surface area contributed by atoms with E-state index in [0.717, 1.165) is 54.3 Å². The maximum absolute atomic E-state index is 15.9. The summed E-state index contributed by atoms with van der Waals surface area (Å²) in [7, 11) is 0. The zero-order chi connectivity index (χ0) is 73.1. The number of carbonyl (C=O) groups is 6. The fraction of sp³-hybridized carbons (Fsp3) is 0.295. The highest BCUT2D eigenvalue weighted by Crippen LogP contribution is 2.58. The molecule has 0 aromatic heterocycles. The Labute approximate surface area is 604 Å². The quantitative estimate of drug-likeness (QED) is 0.0230. The minimum absolute atomic E-state index is 0.00718. The van der Waals surface area contributed by atoms with E-state index in [0.29, 0.717) is 81.4 Å². The van der Waals surface area contributed by atoms with E-state index in [-0.39, 0.29) is 103 Å². The third-order valence-corrected chi connectivity index (χ3v) is 19.9. The molecule has 0 aliphatic carbocycles. The van der Waals surface area contributed by atoms with E-state index in [2.05, 4.69) is 83.1 Å². The van der Waals surface area contributed by atoms with Gasteiger partial charge in [0.1, 0.15) is 72.3 Å². The number of epoxide rings is 2. The molecular formula is C88H82N2O14. The summed E-state index contributed by atoms with van der Waals surface area (Å²) < 4.78 is 51.8. The molecule has 2 atom stereocenters. The van der Waals surface area contributed by atoms with Gasteiger partial charge in [-0.3, -0.25) is 38.6 Å². The van der Waals surface area contributed by atoms with E-state index in [1.807, 2.05) is 146 Å². The van der Waals surface area contributed by atoms with Crippen LogP contribution in [0.3, 0.4) is 0 Å². The monoisotopic (exact) mass is 1390 g/mol. The Morgan fingerprint density at radius 2 is 0.596 bits per heavy atom. The Morgan fingerprint density at radius 3 is 0.837 bits per heavy atom. The fourth-order valence-corrected chi connectivity index (χ4v) is 14.1. The van der Waals surface area contributed by atoms with Crippen LogP contribution in [-0.4, -0.2) is 83.9 Å². The van der Waals surface area contributed by atoms with Gasteiger partial charge in [-0.1, -0.05) is 180 Å². The van der Waals surface area contributed by atoms with E-state index in [1.165, 1.54) is 0 Å². The average molecular weight is 1390 g/mol. The summed E-state index contributed by atoms with van der Waals surface area (Å²) in [6.45, 7) is 24.9. The number of rotatable bonds is 20. The third kappa shape index (κ3) is 13.6. The average Bonchev–Trinajstić information content (AvgIpc) is 0.934. The molecule has 0 bridgehead atoms. The first kappa shape index (κ1) is 68.8. The van der Waals surface area contributed by atoms with Gasteiger partial charge in [0, 0.05) is 55.9 Å². The second-order valence-corrected chi connectivity index (χ2v) is 31.9. The van der Waals surface area contributed by atoms with Gasteiger partial charge in [-0.25, -0.2) is 0 Å². The van der Waals surface area contributed by atoms with Gasteiger partial charge in [-0.2, -0.15) is 0 Å². The Hall–Kier alpha value is -10.9. The first-order valence-corrected chi connectivity index (χ1v) is 35.4. The number of esters is 2. The highest BCUT2D eigenvalue weighted by molar-refractivity contribution is 6.45. The molecule has 2 saturated heterocycles. The van der Waals surface area contributed by atoms with Crippen molar-refractivity contribution in [1.29, 1.82) is 0 Å². The van der Waals surface area contributed by atoms with Crippen molar-refractivity contribution in [2.75, 3.05) is 26.3 Å². The first-order valence-electron chi connectivity index (χ1n) is 35.4. The minimum atomic E-state index is -0.828. The van der Waals surface area contributed by atoms with Crippen molar-refractivity contribution in [1.82, 2.24) is 9.80 Å². The summed E-state index contributed by atoms with van der Waals surface area (Å²) in [5, 5.41) is 2.18. The zero-order valence-corrected chi connectivity index (χ0v) is 60.6. The lowest BCUT2D eigenvalue weighted by Crippen LogP contribution is -2.44. The fourth-order valence-electron chi connectivity index (χ4n) is 14.1. The van der Waals surface area contributed by atoms with Crippen molar-refractivity contribution < 1.29 is 66.7 Å². The molecule has 16 nitrogen and oxygen atoms in total. The summed E-state index contributed by atoms with van der Waals surface area (Å²) in [5.41, 5.74) is 6.59. The van der Waals surface area contributed by atoms with Crippen LogP contribution in [0.4, 0.5) is 0 Å². The Kier molecular flexibility index (Phi) is 17.3. The van der Waals surface area contributed by atoms with Crippen molar-refractivity contribution >= 4 is 78.7 Å². The molecule has 0 N–H and O–H groups in total. The smallest absolute Gasteiger partial charge is 0.326 e. The van der Waals surface area contributed by atoms with Crippen LogP contribution in [0.1, 0.15) is 169 Å². The predicted molar refractivity (Wildman–Crippen MR) is 399 cm³/mol. The van der Waals surface area contributed by atoms with Crippen LogP contribution in [0.15, 0.2) is 170 Å². The molecule has 104 heavy (non-hydrogen) atoms. The number of nitrogens with zero attached hydrogens (tertiary/aromatic N) is 2. The summed E-state index contributed by atoms with van der Waals surface area (Å²) in [6, 6.07) is 52.1. The van der Waals surface area contributed by atoms with Crippen molar-refractivity contribution in [3.8, 4) is 46.0 Å². The number of ether oxygens (including phenoxy) is 8. The second-order valence-electron chi connectivity index (χ2n) is 31.9. The van der Waals surface area contributed by atoms with Crippen LogP contribution in [0, 0.1) is 0 Å². The number of benzene rings is 11. The van der Waals surface area contributed by atoms with Gasteiger partial charge in [0.2, 0.25) is 0 Å². The zero-order valence-electron chi connectivity index (χ0n) is 60.6. The summed E-state index contributed by atoms with van der Waals surface area (Å²) >= 11 is 0. The highest BCUT2D eigenvalue weighted by Gasteiger charge is 2.43. The lowest BCUT2D eigenvalue weighted by Gasteiger charge is -2.32. The van der Waals surface area contributed by atoms with E-state index in [9.17, 15) is 9.59 Å². The molecule has 528 valence electrons. The number of hydrogen-bond acceptors (Lipinski definition) is 14. The molecule has 4 heterocycles. The number of imide groups is 2. The normalized spacial score (nSPS) is 15.9. The molecular weight excluding hydrogens is 1310 g/mol. The van der Waals surface area contributed by atoms with Gasteiger partial charge in [0.05, 0.1) is 47.7 Å². The Balaban J connectivity index is 0.997. The lowest BCUT2D eigenvalue weighted by molar-refractivity contribution is -0.146. The van der Waals surface area contributed by atoms with Crippen LogP contribution in [0.25, 0.3) is 43.1 Å². The van der Waals surface area contributed by atoms with E-state index in [4.69, 9.17) is 37.9 Å². The van der Waals surface area contributed by atoms with Crippen LogP contribution in [-0.2, 0) is 76.3 Å². The van der Waals surface area contributed by atoms with Gasteiger partial charge in [-0.15, -0.1) is 0 Å². The summed E-state index contributed by atoms with van der Waals surface area (Å²) in [6.07, 6.45) is 1.70. The molecule has 4 aliphatic heterocycles. The Bertz CT molecular complexity index is 4730. The van der Waals surface area contributed by atoms with Gasteiger partial charge in [0.25, 0.3) is 23.6 Å². The van der Waals surface area contributed by atoms with E-state index >= 15 is 19.2 Å². The number of hydrogen-bond donors (Lipinski definition) is 0. The molecule has 0 saturated carbocycles. The first-order chi connectivity index (χ1) is 49.5. The highest BCUT2D eigenvalue weighted by atomic mass is 16.6. The van der Waals surface area contributed by atoms with Crippen molar-refractivity contribution in [3.63, 3.8) is 0 Å². The van der Waals surface area contributed by atoms with E-state index in [1.54, 1.807) is 24.3 Å². The molecule has 2 fully saturated rings. The molecule has 4 aliphatic rings. The maximum atomic E-state index is 15.9. The molecule has 15 rings (SSSR count). The van der Waals surface area contributed by atoms with Crippen LogP contribution < -0.4 is 18.9 Å². The lowest BCUT2D eigenvalue weighted by atomic mass is 9.80.